The van der Waals surface area contributed by atoms with E-state index in [0.29, 0.717) is 18.1 Å². The normalized spacial score (nSPS) is 14.8. The minimum absolute atomic E-state index is 0.246. The van der Waals surface area contributed by atoms with Crippen molar-refractivity contribution in [1.82, 2.24) is 9.88 Å². The van der Waals surface area contributed by atoms with Crippen LogP contribution >= 0.6 is 0 Å². The first-order chi connectivity index (χ1) is 15.8. The maximum atomic E-state index is 13.4. The lowest BCUT2D eigenvalue weighted by Gasteiger charge is -2.35. The molecule has 9 heteroatoms. The van der Waals surface area contributed by atoms with Gasteiger partial charge in [-0.25, -0.2) is 9.37 Å². The van der Waals surface area contributed by atoms with Gasteiger partial charge in [-0.3, -0.25) is 9.69 Å². The molecule has 33 heavy (non-hydrogen) atoms. The summed E-state index contributed by atoms with van der Waals surface area (Å²) in [6.45, 7) is 3.69. The van der Waals surface area contributed by atoms with Crippen molar-refractivity contribution < 1.29 is 22.4 Å². The highest BCUT2D eigenvalue weighted by molar-refractivity contribution is 6.05. The summed E-state index contributed by atoms with van der Waals surface area (Å²) in [4.78, 5) is 21.1. The predicted molar refractivity (Wildman–Crippen MR) is 118 cm³/mol. The third kappa shape index (κ3) is 5.67. The van der Waals surface area contributed by atoms with Crippen LogP contribution in [0, 0.1) is 5.82 Å². The number of hydrogen-bond acceptors (Lipinski definition) is 4. The molecular weight excluding hydrogens is 436 g/mol. The summed E-state index contributed by atoms with van der Waals surface area (Å²) >= 11 is 0. The van der Waals surface area contributed by atoms with Crippen LogP contribution in [0.1, 0.15) is 21.5 Å². The minimum atomic E-state index is -4.62. The van der Waals surface area contributed by atoms with Crippen molar-refractivity contribution in [1.29, 1.82) is 0 Å². The molecule has 0 saturated carbocycles. The number of halogens is 4. The number of amides is 1. The number of pyridine rings is 1. The zero-order valence-electron chi connectivity index (χ0n) is 17.6. The van der Waals surface area contributed by atoms with Gasteiger partial charge < -0.3 is 10.2 Å². The maximum Gasteiger partial charge on any atom is 0.417 e. The molecule has 1 aliphatic heterocycles. The van der Waals surface area contributed by atoms with E-state index in [1.54, 1.807) is 18.2 Å². The van der Waals surface area contributed by atoms with Crippen molar-refractivity contribution in [2.45, 2.75) is 12.7 Å². The summed E-state index contributed by atoms with van der Waals surface area (Å²) in [5.74, 6) is -0.373. The number of alkyl halides is 3. The van der Waals surface area contributed by atoms with Gasteiger partial charge in [0.05, 0.1) is 23.0 Å². The monoisotopic (exact) mass is 458 g/mol. The fraction of sp³-hybridized carbons (Fsp3) is 0.250. The Morgan fingerprint density at radius 3 is 2.39 bits per heavy atom. The van der Waals surface area contributed by atoms with Gasteiger partial charge in [-0.05, 0) is 42.0 Å². The Kier molecular flexibility index (Phi) is 6.60. The van der Waals surface area contributed by atoms with Crippen LogP contribution in [0.4, 0.5) is 29.1 Å². The van der Waals surface area contributed by atoms with E-state index >= 15 is 0 Å². The van der Waals surface area contributed by atoms with Crippen molar-refractivity contribution >= 4 is 17.4 Å². The van der Waals surface area contributed by atoms with Gasteiger partial charge in [0, 0.05) is 32.7 Å². The predicted octanol–water partition coefficient (Wildman–Crippen LogP) is 4.81. The summed E-state index contributed by atoms with van der Waals surface area (Å²) in [6, 6.07) is 14.6. The zero-order valence-corrected chi connectivity index (χ0v) is 17.6. The number of benzene rings is 2. The molecule has 0 bridgehead atoms. The van der Waals surface area contributed by atoms with E-state index in [-0.39, 0.29) is 5.82 Å². The maximum absolute atomic E-state index is 13.4. The molecule has 1 amide bonds. The van der Waals surface area contributed by atoms with E-state index < -0.39 is 23.2 Å². The summed E-state index contributed by atoms with van der Waals surface area (Å²) in [5.41, 5.74) is -0.189. The molecule has 0 atom stereocenters. The average molecular weight is 458 g/mol. The van der Waals surface area contributed by atoms with Crippen LogP contribution in [-0.2, 0) is 12.7 Å². The number of carbonyl (C=O) groups is 1. The van der Waals surface area contributed by atoms with Crippen LogP contribution in [0.3, 0.4) is 0 Å². The van der Waals surface area contributed by atoms with Crippen LogP contribution < -0.4 is 10.2 Å². The molecule has 0 aliphatic carbocycles. The molecule has 2 heterocycles. The molecule has 0 spiro atoms. The summed E-state index contributed by atoms with van der Waals surface area (Å²) in [6.07, 6.45) is -3.19. The topological polar surface area (TPSA) is 48.5 Å². The third-order valence-electron chi connectivity index (χ3n) is 5.47. The molecule has 1 fully saturated rings. The van der Waals surface area contributed by atoms with Gasteiger partial charge in [-0.15, -0.1) is 0 Å². The Labute approximate surface area is 188 Å². The smallest absolute Gasteiger partial charge is 0.354 e. The number of carbonyl (C=O) groups excluding carboxylic acids is 1. The number of nitrogens with one attached hydrogen (secondary N) is 1. The first kappa shape index (κ1) is 22.7. The first-order valence-electron chi connectivity index (χ1n) is 10.4. The van der Waals surface area contributed by atoms with Crippen molar-refractivity contribution in [2.75, 3.05) is 36.4 Å². The highest BCUT2D eigenvalue weighted by Crippen LogP contribution is 2.32. The van der Waals surface area contributed by atoms with E-state index in [4.69, 9.17) is 0 Å². The van der Waals surface area contributed by atoms with E-state index in [9.17, 15) is 22.4 Å². The van der Waals surface area contributed by atoms with Gasteiger partial charge in [0.25, 0.3) is 5.91 Å². The standard InChI is InChI=1S/C24H22F4N4O/c25-18-5-3-4-17(14-18)16-31-10-12-32(13-11-31)22-9-8-19(15-29-22)30-23(33)20-6-1-2-7-21(20)24(26,27)28/h1-9,14-15H,10-13,16H2,(H,30,33). The SMILES string of the molecule is O=C(Nc1ccc(N2CCN(Cc3cccc(F)c3)CC2)nc1)c1ccccc1C(F)(F)F. The van der Waals surface area contributed by atoms with Gasteiger partial charge in [0.15, 0.2) is 0 Å². The fourth-order valence-electron chi connectivity index (χ4n) is 3.80. The molecule has 3 aromatic rings. The Bertz CT molecular complexity index is 1110. The van der Waals surface area contributed by atoms with E-state index in [0.717, 1.165) is 43.9 Å². The quantitative estimate of drug-likeness (QED) is 0.558. The van der Waals surface area contributed by atoms with Gasteiger partial charge in [0.1, 0.15) is 11.6 Å². The molecule has 172 valence electrons. The van der Waals surface area contributed by atoms with Crippen molar-refractivity contribution in [3.63, 3.8) is 0 Å². The largest absolute Gasteiger partial charge is 0.417 e. The molecule has 0 radical (unpaired) electrons. The highest BCUT2D eigenvalue weighted by Gasteiger charge is 2.34. The van der Waals surface area contributed by atoms with Gasteiger partial charge in [-0.1, -0.05) is 24.3 Å². The summed E-state index contributed by atoms with van der Waals surface area (Å²) in [7, 11) is 0. The van der Waals surface area contributed by atoms with Crippen LogP contribution in [0.5, 0.6) is 0 Å². The molecule has 0 unspecified atom stereocenters. The molecule has 1 aromatic heterocycles. The lowest BCUT2D eigenvalue weighted by molar-refractivity contribution is -0.137. The highest BCUT2D eigenvalue weighted by atomic mass is 19.4. The molecule has 1 aliphatic rings. The molecule has 2 aromatic carbocycles. The number of anilines is 2. The van der Waals surface area contributed by atoms with Crippen LogP contribution in [0.15, 0.2) is 66.9 Å². The second-order valence-corrected chi connectivity index (χ2v) is 7.80. The fourth-order valence-corrected chi connectivity index (χ4v) is 3.80. The third-order valence-corrected chi connectivity index (χ3v) is 5.47. The molecule has 5 nitrogen and oxygen atoms in total. The van der Waals surface area contributed by atoms with E-state index in [1.807, 2.05) is 6.07 Å². The van der Waals surface area contributed by atoms with Crippen molar-refractivity contribution in [2.24, 2.45) is 0 Å². The van der Waals surface area contributed by atoms with Crippen molar-refractivity contribution in [3.05, 3.63) is 89.4 Å². The van der Waals surface area contributed by atoms with Gasteiger partial charge >= 0.3 is 6.18 Å². The Balaban J connectivity index is 1.34. The van der Waals surface area contributed by atoms with Crippen molar-refractivity contribution in [3.8, 4) is 0 Å². The Morgan fingerprint density at radius 1 is 0.970 bits per heavy atom. The van der Waals surface area contributed by atoms with E-state index in [1.165, 1.54) is 30.5 Å². The molecule has 4 rings (SSSR count). The number of aromatic nitrogens is 1. The molecular formula is C24H22F4N4O. The zero-order chi connectivity index (χ0) is 23.4. The Hall–Kier alpha value is -3.46. The number of nitrogens with zero attached hydrogens (tertiary/aromatic N) is 3. The Morgan fingerprint density at radius 2 is 1.73 bits per heavy atom. The summed E-state index contributed by atoms with van der Waals surface area (Å²) < 4.78 is 52.8. The number of rotatable bonds is 5. The number of hydrogen-bond donors (Lipinski definition) is 1. The van der Waals surface area contributed by atoms with Gasteiger partial charge in [0.2, 0.25) is 0 Å². The number of piperazine rings is 1. The lowest BCUT2D eigenvalue weighted by atomic mass is 10.1. The molecule has 1 N–H and O–H groups in total. The molecule has 1 saturated heterocycles. The van der Waals surface area contributed by atoms with E-state index in [2.05, 4.69) is 20.1 Å². The minimum Gasteiger partial charge on any atom is -0.354 e. The first-order valence-corrected chi connectivity index (χ1v) is 10.4. The van der Waals surface area contributed by atoms with Crippen LogP contribution in [0.25, 0.3) is 0 Å². The summed E-state index contributed by atoms with van der Waals surface area (Å²) in [5, 5.41) is 2.48. The van der Waals surface area contributed by atoms with Gasteiger partial charge in [-0.2, -0.15) is 13.2 Å². The second-order valence-electron chi connectivity index (χ2n) is 7.80. The lowest BCUT2D eigenvalue weighted by Crippen LogP contribution is -2.46. The average Bonchev–Trinajstić information content (AvgIpc) is 2.80. The van der Waals surface area contributed by atoms with Crippen LogP contribution in [-0.4, -0.2) is 42.0 Å². The second kappa shape index (κ2) is 9.58. The van der Waals surface area contributed by atoms with Crippen LogP contribution in [0.2, 0.25) is 0 Å².